The van der Waals surface area contributed by atoms with Crippen molar-refractivity contribution >= 4 is 50.5 Å². The normalized spacial score (nSPS) is 11.7. The van der Waals surface area contributed by atoms with Crippen molar-refractivity contribution in [1.29, 1.82) is 0 Å². The van der Waals surface area contributed by atoms with Crippen LogP contribution in [0.1, 0.15) is 37.5 Å². The molecule has 0 aliphatic carbocycles. The summed E-state index contributed by atoms with van der Waals surface area (Å²) in [5.41, 5.74) is 9.19. The molecule has 1 heterocycles. The van der Waals surface area contributed by atoms with E-state index in [9.17, 15) is 0 Å². The third-order valence-electron chi connectivity index (χ3n) is 4.61. The van der Waals surface area contributed by atoms with Gasteiger partial charge in [-0.05, 0) is 47.9 Å². The lowest BCUT2D eigenvalue weighted by Crippen LogP contribution is -2.11. The van der Waals surface area contributed by atoms with Crippen molar-refractivity contribution in [3.63, 3.8) is 0 Å². The molecule has 30 heavy (non-hydrogen) atoms. The number of rotatable bonds is 7. The molecular weight excluding hydrogens is 406 g/mol. The zero-order valence-corrected chi connectivity index (χ0v) is 19.2. The predicted molar refractivity (Wildman–Crippen MR) is 137 cm³/mol. The van der Waals surface area contributed by atoms with Crippen molar-refractivity contribution in [3.05, 3.63) is 89.1 Å². The van der Waals surface area contributed by atoms with E-state index in [-0.39, 0.29) is 0 Å². The highest BCUT2D eigenvalue weighted by Crippen LogP contribution is 2.32. The second-order valence-corrected chi connectivity index (χ2v) is 9.18. The Morgan fingerprint density at radius 2 is 1.83 bits per heavy atom. The Hall–Kier alpha value is -2.63. The summed E-state index contributed by atoms with van der Waals surface area (Å²) in [6.45, 7) is 10.2. The first kappa shape index (κ1) is 22.1. The van der Waals surface area contributed by atoms with Gasteiger partial charge in [0.1, 0.15) is 10.8 Å². The quantitative estimate of drug-likeness (QED) is 0.404. The number of fused-ring (bicyclic) bond motifs is 1. The number of nitrogens with zero attached hydrogens (tertiary/aromatic N) is 1. The second-order valence-electron chi connectivity index (χ2n) is 7.60. The average molecular weight is 434 g/mol. The van der Waals surface area contributed by atoms with Gasteiger partial charge in [0.2, 0.25) is 0 Å². The van der Waals surface area contributed by atoms with Gasteiger partial charge in [0.15, 0.2) is 0 Å². The number of thiocarbonyl (C=S) groups is 1. The summed E-state index contributed by atoms with van der Waals surface area (Å²) in [6.07, 6.45) is 4.97. The lowest BCUT2D eigenvalue weighted by Gasteiger charge is -2.11. The maximum atomic E-state index is 5.78. The Morgan fingerprint density at radius 3 is 2.47 bits per heavy atom. The van der Waals surface area contributed by atoms with Crippen LogP contribution in [-0.2, 0) is 6.42 Å². The molecule has 3 nitrogen and oxygen atoms in total. The number of anilines is 1. The Labute approximate surface area is 188 Å². The molecule has 2 aromatic carbocycles. The van der Waals surface area contributed by atoms with Gasteiger partial charge in [0, 0.05) is 22.1 Å². The van der Waals surface area contributed by atoms with Crippen LogP contribution in [0.5, 0.6) is 0 Å². The molecule has 0 atom stereocenters. The molecule has 0 aliphatic heterocycles. The van der Waals surface area contributed by atoms with Crippen LogP contribution >= 0.6 is 24.0 Å². The van der Waals surface area contributed by atoms with Gasteiger partial charge < -0.3 is 11.1 Å². The van der Waals surface area contributed by atoms with Crippen LogP contribution in [0.25, 0.3) is 15.7 Å². The first-order chi connectivity index (χ1) is 14.4. The van der Waals surface area contributed by atoms with Crippen molar-refractivity contribution in [2.75, 3.05) is 5.32 Å². The number of thioether (sulfide) groups is 1. The zero-order chi connectivity index (χ0) is 21.7. The highest BCUT2D eigenvalue weighted by atomic mass is 32.2. The summed E-state index contributed by atoms with van der Waals surface area (Å²) in [4.78, 5) is 6.26. The van der Waals surface area contributed by atoms with Gasteiger partial charge in [-0.25, -0.2) is 4.98 Å². The van der Waals surface area contributed by atoms with Crippen LogP contribution in [0.4, 0.5) is 5.82 Å². The van der Waals surface area contributed by atoms with Crippen LogP contribution in [0.15, 0.2) is 72.4 Å². The van der Waals surface area contributed by atoms with E-state index in [0.29, 0.717) is 15.9 Å². The summed E-state index contributed by atoms with van der Waals surface area (Å²) < 4.78 is 0. The molecule has 5 heteroatoms. The van der Waals surface area contributed by atoms with Gasteiger partial charge in [0.25, 0.3) is 0 Å². The van der Waals surface area contributed by atoms with E-state index in [1.54, 1.807) is 0 Å². The molecule has 0 bridgehead atoms. The number of pyridine rings is 1. The Balaban J connectivity index is 1.80. The smallest absolute Gasteiger partial charge is 0.131 e. The van der Waals surface area contributed by atoms with E-state index in [1.165, 1.54) is 17.3 Å². The SMILES string of the molecule is C=C(N)S/C(=C\C)c1ccc2cnc(NC(=S)c3ccc(CC(C)C)cc3)cc2c1. The third kappa shape index (κ3) is 5.71. The molecule has 0 saturated carbocycles. The number of hydrogen-bond donors (Lipinski definition) is 2. The number of allylic oxidation sites excluding steroid dienone is 1. The maximum Gasteiger partial charge on any atom is 0.131 e. The molecule has 3 N–H and O–H groups in total. The molecule has 154 valence electrons. The van der Waals surface area contributed by atoms with Gasteiger partial charge in [-0.3, -0.25) is 0 Å². The lowest BCUT2D eigenvalue weighted by atomic mass is 10.0. The van der Waals surface area contributed by atoms with E-state index >= 15 is 0 Å². The fraction of sp³-hybridized carbons (Fsp3) is 0.200. The molecule has 0 saturated heterocycles. The molecule has 1 aromatic heterocycles. The molecule has 0 fully saturated rings. The number of nitrogens with one attached hydrogen (secondary N) is 1. The molecule has 3 aromatic rings. The highest BCUT2D eigenvalue weighted by Gasteiger charge is 2.07. The zero-order valence-electron chi connectivity index (χ0n) is 17.6. The van der Waals surface area contributed by atoms with Gasteiger partial charge in [-0.1, -0.05) is 86.9 Å². The standard InChI is InChI=1S/C25H27N3S2/c1-5-23(30-17(4)26)20-10-11-21-15-27-24(14-22(21)13-20)28-25(29)19-8-6-18(7-9-19)12-16(2)3/h5-11,13-16H,4,12,26H2,1-3H3,(H,27,28,29)/b23-5-. The van der Waals surface area contributed by atoms with Crippen LogP contribution in [0.3, 0.4) is 0 Å². The van der Waals surface area contributed by atoms with Crippen LogP contribution in [-0.4, -0.2) is 9.97 Å². The molecule has 0 aliphatic rings. The minimum Gasteiger partial charge on any atom is -0.394 e. The molecule has 3 rings (SSSR count). The van der Waals surface area contributed by atoms with E-state index in [4.69, 9.17) is 18.0 Å². The van der Waals surface area contributed by atoms with Crippen LogP contribution < -0.4 is 11.1 Å². The van der Waals surface area contributed by atoms with Gasteiger partial charge in [0.05, 0.1) is 5.03 Å². The lowest BCUT2D eigenvalue weighted by molar-refractivity contribution is 0.647. The number of hydrogen-bond acceptors (Lipinski definition) is 4. The van der Waals surface area contributed by atoms with E-state index < -0.39 is 0 Å². The number of aromatic nitrogens is 1. The third-order valence-corrected chi connectivity index (χ3v) is 5.90. The van der Waals surface area contributed by atoms with Gasteiger partial charge >= 0.3 is 0 Å². The van der Waals surface area contributed by atoms with Crippen LogP contribution in [0.2, 0.25) is 0 Å². The second kappa shape index (κ2) is 9.92. The van der Waals surface area contributed by atoms with Crippen molar-refractivity contribution < 1.29 is 0 Å². The first-order valence-electron chi connectivity index (χ1n) is 9.94. The number of benzene rings is 2. The summed E-state index contributed by atoms with van der Waals surface area (Å²) in [5, 5.41) is 6.00. The Kier molecular flexibility index (Phi) is 7.29. The minimum absolute atomic E-state index is 0.574. The van der Waals surface area contributed by atoms with E-state index in [2.05, 4.69) is 73.2 Å². The summed E-state index contributed by atoms with van der Waals surface area (Å²) in [7, 11) is 0. The van der Waals surface area contributed by atoms with Crippen molar-refractivity contribution in [2.45, 2.75) is 27.2 Å². The van der Waals surface area contributed by atoms with Crippen molar-refractivity contribution in [2.24, 2.45) is 11.7 Å². The molecule has 0 radical (unpaired) electrons. The maximum absolute atomic E-state index is 5.78. The first-order valence-corrected chi connectivity index (χ1v) is 11.2. The fourth-order valence-corrected chi connectivity index (χ4v) is 4.13. The summed E-state index contributed by atoms with van der Waals surface area (Å²) in [6, 6.07) is 16.7. The largest absolute Gasteiger partial charge is 0.394 e. The van der Waals surface area contributed by atoms with Crippen molar-refractivity contribution in [1.82, 2.24) is 4.98 Å². The van der Waals surface area contributed by atoms with Crippen LogP contribution in [0, 0.1) is 5.92 Å². The van der Waals surface area contributed by atoms with Gasteiger partial charge in [-0.2, -0.15) is 0 Å². The topological polar surface area (TPSA) is 50.9 Å². The fourth-order valence-electron chi connectivity index (χ4n) is 3.24. The molecule has 0 unspecified atom stereocenters. The average Bonchev–Trinajstić information content (AvgIpc) is 2.71. The number of nitrogens with two attached hydrogens (primary N) is 1. The predicted octanol–water partition coefficient (Wildman–Crippen LogP) is 6.74. The summed E-state index contributed by atoms with van der Waals surface area (Å²) in [5.74, 6) is 1.37. The van der Waals surface area contributed by atoms with E-state index in [1.807, 2.05) is 25.3 Å². The summed E-state index contributed by atoms with van der Waals surface area (Å²) >= 11 is 7.07. The minimum atomic E-state index is 0.574. The highest BCUT2D eigenvalue weighted by molar-refractivity contribution is 8.11. The molecular formula is C25H27N3S2. The Bertz CT molecular complexity index is 1100. The van der Waals surface area contributed by atoms with E-state index in [0.717, 1.165) is 39.0 Å². The van der Waals surface area contributed by atoms with Gasteiger partial charge in [-0.15, -0.1) is 0 Å². The molecule has 0 amide bonds. The molecule has 0 spiro atoms. The monoisotopic (exact) mass is 433 g/mol. The van der Waals surface area contributed by atoms with Crippen molar-refractivity contribution in [3.8, 4) is 0 Å². The Morgan fingerprint density at radius 1 is 1.13 bits per heavy atom.